The molecule has 0 aliphatic heterocycles. The largest absolute Gasteiger partial charge is 0.497 e. The van der Waals surface area contributed by atoms with Crippen LogP contribution >= 0.6 is 0 Å². The minimum absolute atomic E-state index is 0.148. The number of H-pyrrole nitrogens is 1. The van der Waals surface area contributed by atoms with Crippen molar-refractivity contribution >= 4 is 10.9 Å². The number of nitrogens with one attached hydrogen (secondary N) is 1. The van der Waals surface area contributed by atoms with E-state index in [2.05, 4.69) is 63.5 Å². The highest BCUT2D eigenvalue weighted by Gasteiger charge is 2.26. The molecule has 0 bridgehead atoms. The van der Waals surface area contributed by atoms with E-state index >= 15 is 0 Å². The fourth-order valence-corrected chi connectivity index (χ4v) is 4.82. The van der Waals surface area contributed by atoms with Gasteiger partial charge in [-0.2, -0.15) is 0 Å². The first-order valence-corrected chi connectivity index (χ1v) is 12.9. The Kier molecular flexibility index (Phi) is 7.79. The fraction of sp³-hybridized carbons (Fsp3) is 0.267. The molecule has 39 heavy (non-hydrogen) atoms. The van der Waals surface area contributed by atoms with E-state index in [1.807, 2.05) is 24.3 Å². The molecular formula is C30H31FN6O2. The Balaban J connectivity index is 1.51. The Labute approximate surface area is 226 Å². The highest BCUT2D eigenvalue weighted by Crippen LogP contribution is 2.27. The van der Waals surface area contributed by atoms with Crippen LogP contribution < -0.4 is 10.3 Å². The smallest absolute Gasteiger partial charge is 0.252 e. The van der Waals surface area contributed by atoms with E-state index in [1.165, 1.54) is 17.7 Å². The first-order valence-electron chi connectivity index (χ1n) is 12.9. The topological polar surface area (TPSA) is 88.9 Å². The van der Waals surface area contributed by atoms with Crippen LogP contribution in [0.15, 0.2) is 77.6 Å². The van der Waals surface area contributed by atoms with Crippen molar-refractivity contribution in [2.75, 3.05) is 7.11 Å². The van der Waals surface area contributed by atoms with E-state index in [9.17, 15) is 9.18 Å². The molecule has 3 aromatic carbocycles. The van der Waals surface area contributed by atoms with Gasteiger partial charge in [-0.3, -0.25) is 9.69 Å². The molecule has 0 saturated carbocycles. The molecular weight excluding hydrogens is 495 g/mol. The normalized spacial score (nSPS) is 12.2. The highest BCUT2D eigenvalue weighted by atomic mass is 19.1. The van der Waals surface area contributed by atoms with Crippen LogP contribution in [0.2, 0.25) is 0 Å². The maximum absolute atomic E-state index is 13.5. The first-order chi connectivity index (χ1) is 18.9. The molecule has 0 saturated heterocycles. The molecule has 0 aliphatic carbocycles. The maximum atomic E-state index is 13.5. The van der Waals surface area contributed by atoms with E-state index in [0.717, 1.165) is 28.5 Å². The van der Waals surface area contributed by atoms with Crippen LogP contribution in [0.25, 0.3) is 10.9 Å². The summed E-state index contributed by atoms with van der Waals surface area (Å²) in [5, 5.41) is 13.5. The van der Waals surface area contributed by atoms with E-state index in [0.29, 0.717) is 36.8 Å². The van der Waals surface area contributed by atoms with E-state index in [1.54, 1.807) is 23.9 Å². The van der Waals surface area contributed by atoms with Gasteiger partial charge in [0.05, 0.1) is 25.2 Å². The molecule has 0 amide bonds. The molecule has 0 unspecified atom stereocenters. The number of aromatic amines is 1. The molecule has 1 atom stereocenters. The van der Waals surface area contributed by atoms with Crippen molar-refractivity contribution in [3.63, 3.8) is 0 Å². The summed E-state index contributed by atoms with van der Waals surface area (Å²) in [6, 6.07) is 22.1. The van der Waals surface area contributed by atoms with Crippen molar-refractivity contribution in [1.29, 1.82) is 0 Å². The van der Waals surface area contributed by atoms with Crippen molar-refractivity contribution in [2.45, 2.75) is 45.9 Å². The van der Waals surface area contributed by atoms with Gasteiger partial charge >= 0.3 is 0 Å². The third-order valence-electron chi connectivity index (χ3n) is 6.94. The average molecular weight is 527 g/mol. The summed E-state index contributed by atoms with van der Waals surface area (Å²) in [5.74, 6) is 1.09. The summed E-state index contributed by atoms with van der Waals surface area (Å²) in [7, 11) is 1.60. The van der Waals surface area contributed by atoms with Gasteiger partial charge in [0.2, 0.25) is 0 Å². The van der Waals surface area contributed by atoms with Gasteiger partial charge in [0.15, 0.2) is 5.82 Å². The summed E-state index contributed by atoms with van der Waals surface area (Å²) >= 11 is 0. The summed E-state index contributed by atoms with van der Waals surface area (Å²) in [6.45, 7) is 5.55. The molecule has 9 heteroatoms. The minimum atomic E-state index is -0.287. The van der Waals surface area contributed by atoms with Crippen molar-refractivity contribution in [1.82, 2.24) is 30.1 Å². The second kappa shape index (κ2) is 11.6. The predicted molar refractivity (Wildman–Crippen MR) is 148 cm³/mol. The number of nitrogens with zero attached hydrogens (tertiary/aromatic N) is 5. The molecule has 8 nitrogen and oxygen atoms in total. The van der Waals surface area contributed by atoms with Gasteiger partial charge in [0.1, 0.15) is 11.6 Å². The van der Waals surface area contributed by atoms with Crippen LogP contribution in [0.3, 0.4) is 0 Å². The van der Waals surface area contributed by atoms with Crippen molar-refractivity contribution < 1.29 is 9.13 Å². The molecule has 2 aromatic heterocycles. The number of hydrogen-bond acceptors (Lipinski definition) is 6. The van der Waals surface area contributed by atoms with Crippen LogP contribution in [0.5, 0.6) is 5.75 Å². The van der Waals surface area contributed by atoms with Crippen molar-refractivity contribution in [2.24, 2.45) is 0 Å². The van der Waals surface area contributed by atoms with Gasteiger partial charge in [0, 0.05) is 24.7 Å². The Morgan fingerprint density at radius 3 is 2.46 bits per heavy atom. The van der Waals surface area contributed by atoms with Gasteiger partial charge in [-0.15, -0.1) is 5.10 Å². The number of tetrazole rings is 1. The van der Waals surface area contributed by atoms with Crippen LogP contribution in [-0.2, 0) is 19.6 Å². The van der Waals surface area contributed by atoms with Crippen molar-refractivity contribution in [3.8, 4) is 5.75 Å². The summed E-state index contributed by atoms with van der Waals surface area (Å²) < 4.78 is 20.5. The molecule has 0 fully saturated rings. The number of hydrogen-bond donors (Lipinski definition) is 1. The molecule has 5 rings (SSSR count). The number of fused-ring (bicyclic) bond motifs is 1. The predicted octanol–water partition coefficient (Wildman–Crippen LogP) is 5.17. The average Bonchev–Trinajstić information content (AvgIpc) is 3.39. The lowest BCUT2D eigenvalue weighted by atomic mass is 10.1. The van der Waals surface area contributed by atoms with Gasteiger partial charge in [-0.25, -0.2) is 9.07 Å². The van der Waals surface area contributed by atoms with Gasteiger partial charge < -0.3 is 9.72 Å². The molecule has 0 aliphatic rings. The Morgan fingerprint density at radius 1 is 1.00 bits per heavy atom. The zero-order chi connectivity index (χ0) is 27.4. The van der Waals surface area contributed by atoms with Crippen LogP contribution in [0.1, 0.15) is 47.5 Å². The maximum Gasteiger partial charge on any atom is 0.252 e. The van der Waals surface area contributed by atoms with E-state index in [4.69, 9.17) is 4.74 Å². The summed E-state index contributed by atoms with van der Waals surface area (Å²) in [5.41, 5.74) is 4.43. The lowest BCUT2D eigenvalue weighted by molar-refractivity contribution is 0.161. The second-order valence-electron chi connectivity index (χ2n) is 9.71. The number of halogens is 1. The van der Waals surface area contributed by atoms with Crippen LogP contribution in [-0.4, -0.2) is 37.2 Å². The minimum Gasteiger partial charge on any atom is -0.497 e. The zero-order valence-corrected chi connectivity index (χ0v) is 22.3. The Morgan fingerprint density at radius 2 is 1.74 bits per heavy atom. The quantitative estimate of drug-likeness (QED) is 0.270. The van der Waals surface area contributed by atoms with Gasteiger partial charge in [0.25, 0.3) is 5.56 Å². The number of rotatable bonds is 10. The summed E-state index contributed by atoms with van der Waals surface area (Å²) in [6.07, 6.45) is 0.721. The van der Waals surface area contributed by atoms with E-state index in [-0.39, 0.29) is 17.4 Å². The third kappa shape index (κ3) is 6.04. The molecule has 0 spiro atoms. The van der Waals surface area contributed by atoms with Crippen LogP contribution in [0, 0.1) is 12.7 Å². The summed E-state index contributed by atoms with van der Waals surface area (Å²) in [4.78, 5) is 18.4. The molecule has 1 N–H and O–H groups in total. The Hall–Kier alpha value is -4.37. The first kappa shape index (κ1) is 26.2. The Bertz CT molecular complexity index is 1610. The highest BCUT2D eigenvalue weighted by molar-refractivity contribution is 5.80. The standard InChI is InChI=1S/C30H31FN6O2/c1-4-28(29-33-34-35-37(29)18-22-9-12-25(31)13-10-22)36(17-21-7-5-20(2)6-8-21)19-24-15-23-11-14-26(39-3)16-27(23)32-30(24)38/h5-16,28H,4,17-19H2,1-3H3,(H,32,38)/t28-/m1/s1. The monoisotopic (exact) mass is 526 g/mol. The SMILES string of the molecule is CC[C@H](c1nnnn1Cc1ccc(F)cc1)N(Cc1ccc(C)cc1)Cc1cc2ccc(OC)cc2[nH]c1=O. The fourth-order valence-electron chi connectivity index (χ4n) is 4.82. The van der Waals surface area contributed by atoms with Gasteiger partial charge in [-0.05, 0) is 70.6 Å². The number of ether oxygens (including phenoxy) is 1. The number of aromatic nitrogens is 5. The zero-order valence-electron chi connectivity index (χ0n) is 22.3. The molecule has 5 aromatic rings. The van der Waals surface area contributed by atoms with Crippen molar-refractivity contribution in [3.05, 3.63) is 117 Å². The molecule has 200 valence electrons. The molecule has 0 radical (unpaired) electrons. The number of benzene rings is 3. The van der Waals surface area contributed by atoms with E-state index < -0.39 is 0 Å². The van der Waals surface area contributed by atoms with Gasteiger partial charge in [-0.1, -0.05) is 48.9 Å². The number of aryl methyl sites for hydroxylation is 1. The second-order valence-corrected chi connectivity index (χ2v) is 9.71. The third-order valence-corrected chi connectivity index (χ3v) is 6.94. The lowest BCUT2D eigenvalue weighted by Gasteiger charge is -2.30. The molecule has 2 heterocycles. The number of methoxy groups -OCH3 is 1. The number of pyridine rings is 1. The van der Waals surface area contributed by atoms with Crippen LogP contribution in [0.4, 0.5) is 4.39 Å². The lowest BCUT2D eigenvalue weighted by Crippen LogP contribution is -2.32.